The molecule has 0 aliphatic carbocycles. The third kappa shape index (κ3) is 3.29. The molecular weight excluding hydrogens is 230 g/mol. The molecular formula is C13H23N3O2. The second kappa shape index (κ2) is 5.36. The van der Waals surface area contributed by atoms with Gasteiger partial charge in [-0.2, -0.15) is 5.10 Å². The lowest BCUT2D eigenvalue weighted by atomic mass is 9.87. The summed E-state index contributed by atoms with van der Waals surface area (Å²) in [7, 11) is 0. The van der Waals surface area contributed by atoms with Crippen LogP contribution in [-0.4, -0.2) is 38.2 Å². The zero-order valence-electron chi connectivity index (χ0n) is 11.5. The van der Waals surface area contributed by atoms with Crippen molar-refractivity contribution in [2.75, 3.05) is 6.61 Å². The number of aliphatic hydroxyl groups is 1. The molecule has 2 heterocycles. The van der Waals surface area contributed by atoms with Crippen molar-refractivity contribution in [2.24, 2.45) is 5.92 Å². The molecule has 102 valence electrons. The Morgan fingerprint density at radius 2 is 2.39 bits per heavy atom. The van der Waals surface area contributed by atoms with Crippen LogP contribution >= 0.6 is 0 Å². The summed E-state index contributed by atoms with van der Waals surface area (Å²) in [5.41, 5.74) is -0.695. The van der Waals surface area contributed by atoms with E-state index < -0.39 is 5.60 Å². The van der Waals surface area contributed by atoms with Gasteiger partial charge in [0.1, 0.15) is 12.2 Å². The van der Waals surface area contributed by atoms with Crippen LogP contribution in [0.25, 0.3) is 0 Å². The van der Waals surface area contributed by atoms with Gasteiger partial charge in [-0.1, -0.05) is 13.8 Å². The summed E-state index contributed by atoms with van der Waals surface area (Å²) in [5, 5.41) is 14.8. The largest absolute Gasteiger partial charge is 0.389 e. The predicted octanol–water partition coefficient (Wildman–Crippen LogP) is 1.41. The van der Waals surface area contributed by atoms with Gasteiger partial charge in [-0.3, -0.25) is 0 Å². The molecule has 1 N–H and O–H groups in total. The first kappa shape index (κ1) is 13.5. The third-order valence-electron chi connectivity index (χ3n) is 3.36. The lowest BCUT2D eigenvalue weighted by Crippen LogP contribution is -2.42. The molecule has 1 aliphatic rings. The van der Waals surface area contributed by atoms with Gasteiger partial charge in [-0.05, 0) is 12.8 Å². The number of hydrogen-bond acceptors (Lipinski definition) is 4. The van der Waals surface area contributed by atoms with E-state index in [1.54, 1.807) is 6.33 Å². The molecule has 5 heteroatoms. The van der Waals surface area contributed by atoms with E-state index in [4.69, 9.17) is 4.74 Å². The first-order valence-electron chi connectivity index (χ1n) is 6.69. The van der Waals surface area contributed by atoms with E-state index in [1.165, 1.54) is 0 Å². The highest BCUT2D eigenvalue weighted by atomic mass is 16.5. The molecule has 0 saturated carbocycles. The Balaban J connectivity index is 2.06. The Bertz CT molecular complexity index is 391. The van der Waals surface area contributed by atoms with Gasteiger partial charge in [0.05, 0.1) is 11.7 Å². The molecule has 0 spiro atoms. The van der Waals surface area contributed by atoms with E-state index in [2.05, 4.69) is 23.9 Å². The minimum atomic E-state index is -0.695. The first-order valence-corrected chi connectivity index (χ1v) is 6.69. The fourth-order valence-electron chi connectivity index (χ4n) is 2.52. The third-order valence-corrected chi connectivity index (χ3v) is 3.36. The Morgan fingerprint density at radius 1 is 1.61 bits per heavy atom. The monoisotopic (exact) mass is 253 g/mol. The molecule has 1 aromatic heterocycles. The van der Waals surface area contributed by atoms with Crippen LogP contribution < -0.4 is 0 Å². The van der Waals surface area contributed by atoms with E-state index in [9.17, 15) is 5.11 Å². The molecule has 2 unspecified atom stereocenters. The zero-order valence-corrected chi connectivity index (χ0v) is 11.5. The maximum absolute atomic E-state index is 10.6. The molecule has 1 saturated heterocycles. The van der Waals surface area contributed by atoms with Crippen molar-refractivity contribution in [1.82, 2.24) is 14.8 Å². The highest BCUT2D eigenvalue weighted by molar-refractivity contribution is 4.97. The van der Waals surface area contributed by atoms with Gasteiger partial charge >= 0.3 is 0 Å². The van der Waals surface area contributed by atoms with Crippen LogP contribution in [0.2, 0.25) is 0 Å². The molecule has 5 nitrogen and oxygen atoms in total. The fourth-order valence-corrected chi connectivity index (χ4v) is 2.52. The van der Waals surface area contributed by atoms with E-state index in [1.807, 2.05) is 11.6 Å². The average molecular weight is 253 g/mol. The van der Waals surface area contributed by atoms with Crippen LogP contribution in [0.1, 0.15) is 39.4 Å². The predicted molar refractivity (Wildman–Crippen MR) is 68.2 cm³/mol. The van der Waals surface area contributed by atoms with Crippen molar-refractivity contribution in [3.63, 3.8) is 0 Å². The maximum Gasteiger partial charge on any atom is 0.138 e. The zero-order chi connectivity index (χ0) is 13.2. The lowest BCUT2D eigenvalue weighted by Gasteiger charge is -2.35. The van der Waals surface area contributed by atoms with E-state index >= 15 is 0 Å². The highest BCUT2D eigenvalue weighted by Crippen LogP contribution is 2.27. The summed E-state index contributed by atoms with van der Waals surface area (Å²) in [5.74, 6) is 1.40. The van der Waals surface area contributed by atoms with Crippen molar-refractivity contribution < 1.29 is 9.84 Å². The topological polar surface area (TPSA) is 60.2 Å². The van der Waals surface area contributed by atoms with Crippen LogP contribution in [0.5, 0.6) is 0 Å². The van der Waals surface area contributed by atoms with Crippen LogP contribution in [0, 0.1) is 5.92 Å². The Hall–Kier alpha value is -0.940. The van der Waals surface area contributed by atoms with E-state index in [0.717, 1.165) is 12.4 Å². The summed E-state index contributed by atoms with van der Waals surface area (Å²) in [6, 6.07) is 0. The molecule has 1 fully saturated rings. The summed E-state index contributed by atoms with van der Waals surface area (Å²) >= 11 is 0. The smallest absolute Gasteiger partial charge is 0.138 e. The van der Waals surface area contributed by atoms with Crippen LogP contribution in [0.4, 0.5) is 0 Å². The standard InChI is InChI=1S/C13H23N3O2/c1-10(2)8-16-12(14-9-15-16)7-13(17)4-5-18-11(3)6-13/h9-11,17H,4-8H2,1-3H3. The Labute approximate surface area is 108 Å². The van der Waals surface area contributed by atoms with Crippen molar-refractivity contribution in [2.45, 2.75) is 58.3 Å². The molecule has 18 heavy (non-hydrogen) atoms. The van der Waals surface area contributed by atoms with Crippen LogP contribution in [0.3, 0.4) is 0 Å². The van der Waals surface area contributed by atoms with Gasteiger partial charge in [-0.15, -0.1) is 0 Å². The van der Waals surface area contributed by atoms with Crippen molar-refractivity contribution >= 4 is 0 Å². The normalized spacial score (nSPS) is 28.8. The van der Waals surface area contributed by atoms with Crippen molar-refractivity contribution in [1.29, 1.82) is 0 Å². The SMILES string of the molecule is CC(C)Cn1ncnc1CC1(O)CCOC(C)C1. The summed E-state index contributed by atoms with van der Waals surface area (Å²) in [6.45, 7) is 7.77. The Kier molecular flexibility index (Phi) is 4.02. The van der Waals surface area contributed by atoms with E-state index in [0.29, 0.717) is 31.8 Å². The number of hydrogen-bond donors (Lipinski definition) is 1. The second-order valence-electron chi connectivity index (χ2n) is 5.79. The lowest BCUT2D eigenvalue weighted by molar-refractivity contribution is -0.0973. The highest BCUT2D eigenvalue weighted by Gasteiger charge is 2.34. The van der Waals surface area contributed by atoms with E-state index in [-0.39, 0.29) is 6.10 Å². The summed E-state index contributed by atoms with van der Waals surface area (Å²) < 4.78 is 7.39. The summed E-state index contributed by atoms with van der Waals surface area (Å²) in [4.78, 5) is 4.28. The van der Waals surface area contributed by atoms with Crippen molar-refractivity contribution in [3.05, 3.63) is 12.2 Å². The van der Waals surface area contributed by atoms with Gasteiger partial charge < -0.3 is 9.84 Å². The quantitative estimate of drug-likeness (QED) is 0.881. The van der Waals surface area contributed by atoms with Gasteiger partial charge in [-0.25, -0.2) is 9.67 Å². The minimum Gasteiger partial charge on any atom is -0.389 e. The summed E-state index contributed by atoms with van der Waals surface area (Å²) in [6.07, 6.45) is 3.59. The molecule has 0 radical (unpaired) electrons. The molecule has 2 atom stereocenters. The van der Waals surface area contributed by atoms with Gasteiger partial charge in [0, 0.05) is 32.4 Å². The van der Waals surface area contributed by atoms with Crippen LogP contribution in [-0.2, 0) is 17.7 Å². The molecule has 0 bridgehead atoms. The number of aromatic nitrogens is 3. The van der Waals surface area contributed by atoms with Gasteiger partial charge in [0.25, 0.3) is 0 Å². The maximum atomic E-state index is 10.6. The number of rotatable bonds is 4. The molecule has 0 amide bonds. The molecule has 1 aliphatic heterocycles. The van der Waals surface area contributed by atoms with Crippen LogP contribution in [0.15, 0.2) is 6.33 Å². The van der Waals surface area contributed by atoms with Crippen molar-refractivity contribution in [3.8, 4) is 0 Å². The first-order chi connectivity index (χ1) is 8.48. The van der Waals surface area contributed by atoms with Gasteiger partial charge in [0.2, 0.25) is 0 Å². The molecule has 1 aromatic rings. The average Bonchev–Trinajstić information content (AvgIpc) is 2.63. The second-order valence-corrected chi connectivity index (χ2v) is 5.79. The fraction of sp³-hybridized carbons (Fsp3) is 0.846. The number of ether oxygens (including phenoxy) is 1. The molecule has 2 rings (SSSR count). The minimum absolute atomic E-state index is 0.116. The Morgan fingerprint density at radius 3 is 3.06 bits per heavy atom. The molecule has 0 aromatic carbocycles. The van der Waals surface area contributed by atoms with Gasteiger partial charge in [0.15, 0.2) is 0 Å². The number of nitrogens with zero attached hydrogens (tertiary/aromatic N) is 3.